The Bertz CT molecular complexity index is 1260. The molecule has 1 aliphatic carbocycles. The second-order valence-corrected chi connectivity index (χ2v) is 11.3. The van der Waals surface area contributed by atoms with Crippen LogP contribution in [0.2, 0.25) is 0 Å². The Morgan fingerprint density at radius 2 is 1.68 bits per heavy atom. The van der Waals surface area contributed by atoms with Gasteiger partial charge < -0.3 is 15.4 Å². The predicted molar refractivity (Wildman–Crippen MR) is 132 cm³/mol. The van der Waals surface area contributed by atoms with Gasteiger partial charge in [0.15, 0.2) is 9.84 Å². The molecule has 0 amide bonds. The van der Waals surface area contributed by atoms with Crippen molar-refractivity contribution < 1.29 is 13.2 Å². The average Bonchev–Trinajstić information content (AvgIpc) is 3.30. The van der Waals surface area contributed by atoms with Crippen LogP contribution in [0.1, 0.15) is 18.1 Å². The van der Waals surface area contributed by atoms with Gasteiger partial charge in [-0.1, -0.05) is 25.1 Å². The van der Waals surface area contributed by atoms with E-state index >= 15 is 0 Å². The zero-order valence-corrected chi connectivity index (χ0v) is 20.3. The summed E-state index contributed by atoms with van der Waals surface area (Å²) in [5.74, 6) is 3.46. The lowest BCUT2D eigenvalue weighted by atomic mass is 10.0. The van der Waals surface area contributed by atoms with E-state index in [-0.39, 0.29) is 0 Å². The number of benzene rings is 2. The fourth-order valence-electron chi connectivity index (χ4n) is 4.89. The van der Waals surface area contributed by atoms with Crippen LogP contribution in [0.4, 0.5) is 5.95 Å². The number of sulfone groups is 1. The number of anilines is 1. The smallest absolute Gasteiger partial charge is 0.225 e. The normalized spacial score (nSPS) is 21.4. The fraction of sp³-hybridized carbons (Fsp3) is 0.385. The topological polar surface area (TPSA) is 98.4 Å². The summed E-state index contributed by atoms with van der Waals surface area (Å²) >= 11 is 0. The second-order valence-electron chi connectivity index (χ2n) is 9.28. The monoisotopic (exact) mass is 478 g/mol. The van der Waals surface area contributed by atoms with Crippen molar-refractivity contribution >= 4 is 15.8 Å². The number of rotatable bonds is 8. The van der Waals surface area contributed by atoms with Gasteiger partial charge in [0.05, 0.1) is 11.5 Å². The molecule has 5 rings (SSSR count). The Kier molecular flexibility index (Phi) is 6.04. The van der Waals surface area contributed by atoms with Crippen LogP contribution in [0.15, 0.2) is 59.8 Å². The van der Waals surface area contributed by atoms with Crippen molar-refractivity contribution in [3.05, 3.63) is 66.0 Å². The van der Waals surface area contributed by atoms with Crippen molar-refractivity contribution in [1.29, 1.82) is 0 Å². The van der Waals surface area contributed by atoms with Gasteiger partial charge in [0.25, 0.3) is 0 Å². The molecular weight excluding hydrogens is 448 g/mol. The summed E-state index contributed by atoms with van der Waals surface area (Å²) in [6.45, 7) is 5.14. The minimum Gasteiger partial charge on any atom is -0.493 e. The number of fused-ring (bicyclic) bond motifs is 1. The third-order valence-electron chi connectivity index (χ3n) is 7.08. The SMILES string of the molecule is CCc1cnc(N2CC3C(COc4ccc(-c5ccc(S(C)(=O)=O)cc5)cc4CN)[C@@H]3C2)nc1. The van der Waals surface area contributed by atoms with E-state index in [1.54, 1.807) is 12.1 Å². The van der Waals surface area contributed by atoms with Gasteiger partial charge >= 0.3 is 0 Å². The van der Waals surface area contributed by atoms with Gasteiger partial charge in [0, 0.05) is 49.8 Å². The molecule has 2 heterocycles. The summed E-state index contributed by atoms with van der Waals surface area (Å²) in [5, 5.41) is 0. The van der Waals surface area contributed by atoms with Crippen LogP contribution in [0, 0.1) is 17.8 Å². The van der Waals surface area contributed by atoms with Crippen LogP contribution in [0.25, 0.3) is 11.1 Å². The highest BCUT2D eigenvalue weighted by Gasteiger charge is 2.56. The van der Waals surface area contributed by atoms with Gasteiger partial charge in [-0.25, -0.2) is 18.4 Å². The standard InChI is InChI=1S/C26H30N4O3S/c1-3-17-12-28-26(29-13-17)30-14-22-23(15-30)24(22)16-33-25-9-6-19(10-20(25)11-27)18-4-7-21(8-5-18)34(2,31)32/h4-10,12-13,22-24H,3,11,14-16,27H2,1-2H3/t22-,23?,24?/m1/s1. The van der Waals surface area contributed by atoms with Gasteiger partial charge in [-0.05, 0) is 59.2 Å². The largest absolute Gasteiger partial charge is 0.493 e. The third kappa shape index (κ3) is 4.52. The number of nitrogens with zero attached hydrogens (tertiary/aromatic N) is 3. The van der Waals surface area contributed by atoms with E-state index in [4.69, 9.17) is 10.5 Å². The van der Waals surface area contributed by atoms with E-state index < -0.39 is 9.84 Å². The van der Waals surface area contributed by atoms with Crippen LogP contribution >= 0.6 is 0 Å². The van der Waals surface area contributed by atoms with Crippen LogP contribution in [0.3, 0.4) is 0 Å². The molecule has 0 spiro atoms. The highest BCUT2D eigenvalue weighted by Crippen LogP contribution is 2.52. The summed E-state index contributed by atoms with van der Waals surface area (Å²) in [6.07, 6.45) is 6.01. The molecule has 7 nitrogen and oxygen atoms in total. The summed E-state index contributed by atoms with van der Waals surface area (Å²) < 4.78 is 29.6. The van der Waals surface area contributed by atoms with Gasteiger partial charge in [0.2, 0.25) is 5.95 Å². The van der Waals surface area contributed by atoms with Gasteiger partial charge in [-0.15, -0.1) is 0 Å². The molecular formula is C26H30N4O3S. The van der Waals surface area contributed by atoms with Crippen molar-refractivity contribution in [2.75, 3.05) is 30.9 Å². The Morgan fingerprint density at radius 1 is 1.03 bits per heavy atom. The molecule has 1 aliphatic heterocycles. The van der Waals surface area contributed by atoms with E-state index in [0.29, 0.717) is 35.8 Å². The first-order chi connectivity index (χ1) is 16.4. The van der Waals surface area contributed by atoms with Crippen LogP contribution in [-0.2, 0) is 22.8 Å². The Labute approximate surface area is 200 Å². The molecule has 0 radical (unpaired) electrons. The first kappa shape index (κ1) is 22.8. The molecule has 2 unspecified atom stereocenters. The minimum atomic E-state index is -3.21. The van der Waals surface area contributed by atoms with Crippen molar-refractivity contribution in [2.45, 2.75) is 24.8 Å². The number of nitrogens with two attached hydrogens (primary N) is 1. The van der Waals surface area contributed by atoms with Crippen LogP contribution in [-0.4, -0.2) is 44.3 Å². The molecule has 2 N–H and O–H groups in total. The molecule has 1 aromatic heterocycles. The fourth-order valence-corrected chi connectivity index (χ4v) is 5.52. The maximum absolute atomic E-state index is 11.7. The molecule has 2 aromatic carbocycles. The van der Waals surface area contributed by atoms with Gasteiger partial charge in [0.1, 0.15) is 5.75 Å². The average molecular weight is 479 g/mol. The van der Waals surface area contributed by atoms with E-state index in [2.05, 4.69) is 21.8 Å². The number of aryl methyl sites for hydroxylation is 1. The molecule has 3 aromatic rings. The molecule has 34 heavy (non-hydrogen) atoms. The Balaban J connectivity index is 1.19. The molecule has 2 aliphatic rings. The number of aromatic nitrogens is 2. The van der Waals surface area contributed by atoms with Gasteiger partial charge in [-0.2, -0.15) is 0 Å². The van der Waals surface area contributed by atoms with Crippen molar-refractivity contribution in [2.24, 2.45) is 23.5 Å². The molecule has 0 bridgehead atoms. The maximum Gasteiger partial charge on any atom is 0.225 e. The third-order valence-corrected chi connectivity index (χ3v) is 8.21. The Morgan fingerprint density at radius 3 is 2.26 bits per heavy atom. The van der Waals surface area contributed by atoms with E-state index in [1.165, 1.54) is 6.26 Å². The van der Waals surface area contributed by atoms with Crippen molar-refractivity contribution in [1.82, 2.24) is 9.97 Å². The summed E-state index contributed by atoms with van der Waals surface area (Å²) in [4.78, 5) is 11.6. The van der Waals surface area contributed by atoms with Gasteiger partial charge in [-0.3, -0.25) is 0 Å². The molecule has 3 atom stereocenters. The van der Waals surface area contributed by atoms with E-state index in [9.17, 15) is 8.42 Å². The number of hydrogen-bond donors (Lipinski definition) is 1. The van der Waals surface area contributed by atoms with Crippen LogP contribution in [0.5, 0.6) is 5.75 Å². The lowest BCUT2D eigenvalue weighted by molar-refractivity contribution is 0.280. The summed E-state index contributed by atoms with van der Waals surface area (Å²) in [6, 6.07) is 12.9. The summed E-state index contributed by atoms with van der Waals surface area (Å²) in [5.41, 5.74) is 10.1. The van der Waals surface area contributed by atoms with Crippen molar-refractivity contribution in [3.63, 3.8) is 0 Å². The second kappa shape index (κ2) is 9.00. The number of piperidine rings is 1. The Hall–Kier alpha value is -2.97. The quantitative estimate of drug-likeness (QED) is 0.530. The predicted octanol–water partition coefficient (Wildman–Crippen LogP) is 3.33. The number of hydrogen-bond acceptors (Lipinski definition) is 7. The zero-order chi connectivity index (χ0) is 23.9. The molecule has 8 heteroatoms. The summed E-state index contributed by atoms with van der Waals surface area (Å²) in [7, 11) is -3.21. The molecule has 1 saturated carbocycles. The lowest BCUT2D eigenvalue weighted by Gasteiger charge is -2.20. The molecule has 1 saturated heterocycles. The molecule has 2 fully saturated rings. The van der Waals surface area contributed by atoms with E-state index in [1.807, 2.05) is 42.7 Å². The maximum atomic E-state index is 11.7. The highest BCUT2D eigenvalue weighted by atomic mass is 32.2. The minimum absolute atomic E-state index is 0.313. The molecule has 178 valence electrons. The first-order valence-electron chi connectivity index (χ1n) is 11.7. The van der Waals surface area contributed by atoms with Crippen LogP contribution < -0.4 is 15.4 Å². The lowest BCUT2D eigenvalue weighted by Crippen LogP contribution is -2.27. The first-order valence-corrected chi connectivity index (χ1v) is 13.6. The highest BCUT2D eigenvalue weighted by molar-refractivity contribution is 7.90. The van der Waals surface area contributed by atoms with Crippen molar-refractivity contribution in [3.8, 4) is 16.9 Å². The number of ether oxygens (including phenoxy) is 1. The zero-order valence-electron chi connectivity index (χ0n) is 19.5. The van der Waals surface area contributed by atoms with E-state index in [0.717, 1.165) is 53.5 Å².